The normalized spacial score (nSPS) is 29.4. The topological polar surface area (TPSA) is 9.23 Å². The van der Waals surface area contributed by atoms with E-state index in [1.807, 2.05) is 12.3 Å². The van der Waals surface area contributed by atoms with Gasteiger partial charge in [0.1, 0.15) is 5.76 Å². The number of rotatable bonds is 0. The first-order chi connectivity index (χ1) is 3.29. The predicted octanol–water partition coefficient (Wildman–Crippen LogP) is 3.08. The Morgan fingerprint density at radius 2 is 2.71 bits per heavy atom. The predicted molar refractivity (Wildman–Crippen MR) is 35.2 cm³/mol. The Kier molecular flexibility index (Phi) is 1.85. The van der Waals surface area contributed by atoms with Crippen LogP contribution in [0.15, 0.2) is 11.2 Å². The summed E-state index contributed by atoms with van der Waals surface area (Å²) in [7, 11) is 0. The molecule has 0 spiro atoms. The van der Waals surface area contributed by atoms with E-state index in [2.05, 4.69) is 0 Å². The average molecular weight is 155 g/mol. The standard InChI is InChI=1S/C3H4ClOPS/c1-3-2-7-6(4)5-3/h2H,1H3. The van der Waals surface area contributed by atoms with Crippen molar-refractivity contribution in [2.45, 2.75) is 6.92 Å². The first-order valence-corrected chi connectivity index (χ1v) is 5.41. The molecule has 1 aliphatic rings. The lowest BCUT2D eigenvalue weighted by atomic mass is 10.7. The van der Waals surface area contributed by atoms with Gasteiger partial charge in [-0.05, 0) is 29.5 Å². The second-order valence-corrected chi connectivity index (χ2v) is 5.34. The van der Waals surface area contributed by atoms with E-state index in [0.717, 1.165) is 5.76 Å². The fourth-order valence-electron chi connectivity index (χ4n) is 0.272. The third-order valence-electron chi connectivity index (χ3n) is 0.517. The van der Waals surface area contributed by atoms with Crippen molar-refractivity contribution in [3.63, 3.8) is 0 Å². The number of hydrogen-bond acceptors (Lipinski definition) is 2. The van der Waals surface area contributed by atoms with Crippen molar-refractivity contribution in [3.8, 4) is 0 Å². The molecule has 0 fully saturated rings. The maximum Gasteiger partial charge on any atom is 0.250 e. The molecule has 0 saturated heterocycles. The van der Waals surface area contributed by atoms with Crippen LogP contribution in [-0.4, -0.2) is 0 Å². The van der Waals surface area contributed by atoms with Crippen molar-refractivity contribution >= 4 is 29.3 Å². The average Bonchev–Trinajstić information content (AvgIpc) is 1.87. The summed E-state index contributed by atoms with van der Waals surface area (Å²) in [4.78, 5) is 0. The van der Waals surface area contributed by atoms with E-state index < -0.39 is 6.70 Å². The van der Waals surface area contributed by atoms with Gasteiger partial charge in [0.15, 0.2) is 0 Å². The second kappa shape index (κ2) is 2.25. The van der Waals surface area contributed by atoms with Crippen LogP contribution in [0.25, 0.3) is 0 Å². The molecule has 0 radical (unpaired) electrons. The summed E-state index contributed by atoms with van der Waals surface area (Å²) in [6.45, 7) is 1.19. The van der Waals surface area contributed by atoms with Crippen LogP contribution in [0.2, 0.25) is 0 Å². The zero-order chi connectivity index (χ0) is 5.28. The van der Waals surface area contributed by atoms with Gasteiger partial charge in [0, 0.05) is 5.41 Å². The van der Waals surface area contributed by atoms with E-state index in [1.54, 1.807) is 11.4 Å². The summed E-state index contributed by atoms with van der Waals surface area (Å²) < 4.78 is 5.02. The van der Waals surface area contributed by atoms with Gasteiger partial charge in [0.2, 0.25) is 0 Å². The van der Waals surface area contributed by atoms with Gasteiger partial charge in [-0.2, -0.15) is 0 Å². The molecule has 1 unspecified atom stereocenters. The maximum absolute atomic E-state index is 5.56. The quantitative estimate of drug-likeness (QED) is 0.496. The van der Waals surface area contributed by atoms with Gasteiger partial charge in [-0.3, -0.25) is 0 Å². The zero-order valence-electron chi connectivity index (χ0n) is 3.72. The van der Waals surface area contributed by atoms with Gasteiger partial charge in [-0.25, -0.2) is 0 Å². The van der Waals surface area contributed by atoms with E-state index in [-0.39, 0.29) is 0 Å². The van der Waals surface area contributed by atoms with Gasteiger partial charge >= 0.3 is 0 Å². The van der Waals surface area contributed by atoms with Crippen molar-refractivity contribution in [1.29, 1.82) is 0 Å². The minimum Gasteiger partial charge on any atom is -0.452 e. The summed E-state index contributed by atoms with van der Waals surface area (Å²) in [5.74, 6) is 0.936. The Morgan fingerprint density at radius 1 is 2.00 bits per heavy atom. The van der Waals surface area contributed by atoms with Gasteiger partial charge < -0.3 is 4.52 Å². The molecule has 1 rings (SSSR count). The fourth-order valence-corrected chi connectivity index (χ4v) is 2.81. The van der Waals surface area contributed by atoms with Crippen LogP contribution in [0.4, 0.5) is 0 Å². The van der Waals surface area contributed by atoms with E-state index in [9.17, 15) is 0 Å². The van der Waals surface area contributed by atoms with E-state index >= 15 is 0 Å². The van der Waals surface area contributed by atoms with Crippen LogP contribution in [-0.2, 0) is 4.52 Å². The minimum atomic E-state index is -0.708. The van der Waals surface area contributed by atoms with Crippen LogP contribution in [0.3, 0.4) is 0 Å². The lowest BCUT2D eigenvalue weighted by Crippen LogP contribution is -1.63. The fraction of sp³-hybridized carbons (Fsp3) is 0.333. The number of halogens is 1. The van der Waals surface area contributed by atoms with Crippen molar-refractivity contribution < 1.29 is 4.52 Å². The highest BCUT2D eigenvalue weighted by atomic mass is 35.7. The van der Waals surface area contributed by atoms with Crippen molar-refractivity contribution in [1.82, 2.24) is 0 Å². The molecular formula is C3H4ClOPS. The molecule has 0 bridgehead atoms. The Bertz CT molecular complexity index is 105. The smallest absolute Gasteiger partial charge is 0.250 e. The van der Waals surface area contributed by atoms with E-state index in [4.69, 9.17) is 15.8 Å². The van der Waals surface area contributed by atoms with Gasteiger partial charge in [-0.15, -0.1) is 0 Å². The summed E-state index contributed by atoms with van der Waals surface area (Å²) >= 11 is 7.11. The minimum absolute atomic E-state index is 0.708. The van der Waals surface area contributed by atoms with Crippen molar-refractivity contribution in [3.05, 3.63) is 11.2 Å². The molecular weight excluding hydrogens is 151 g/mol. The first kappa shape index (κ1) is 5.74. The molecule has 0 aromatic carbocycles. The molecule has 7 heavy (non-hydrogen) atoms. The van der Waals surface area contributed by atoms with Crippen LogP contribution in [0.1, 0.15) is 6.92 Å². The third kappa shape index (κ3) is 1.52. The SMILES string of the molecule is CC1=CSP(Cl)O1. The van der Waals surface area contributed by atoms with Crippen LogP contribution in [0.5, 0.6) is 0 Å². The van der Waals surface area contributed by atoms with Gasteiger partial charge in [-0.1, -0.05) is 0 Å². The Hall–Kier alpha value is 0.610. The molecule has 0 aromatic rings. The molecule has 0 aliphatic carbocycles. The van der Waals surface area contributed by atoms with Crippen LogP contribution in [0, 0.1) is 0 Å². The second-order valence-electron chi connectivity index (χ2n) is 1.14. The van der Waals surface area contributed by atoms with Crippen molar-refractivity contribution in [2.24, 2.45) is 0 Å². The van der Waals surface area contributed by atoms with Crippen molar-refractivity contribution in [2.75, 3.05) is 0 Å². The summed E-state index contributed by atoms with van der Waals surface area (Å²) in [5, 5.41) is 1.93. The number of hydrogen-bond donors (Lipinski definition) is 0. The van der Waals surface area contributed by atoms with E-state index in [1.165, 1.54) is 0 Å². The number of allylic oxidation sites excluding steroid dienone is 1. The highest BCUT2D eigenvalue weighted by Crippen LogP contribution is 2.62. The molecule has 0 saturated carbocycles. The monoisotopic (exact) mass is 154 g/mol. The molecule has 1 atom stereocenters. The Morgan fingerprint density at radius 3 is 2.86 bits per heavy atom. The molecule has 1 nitrogen and oxygen atoms in total. The molecule has 0 amide bonds. The Labute approximate surface area is 52.4 Å². The lowest BCUT2D eigenvalue weighted by Gasteiger charge is -1.96. The summed E-state index contributed by atoms with van der Waals surface area (Å²) in [6.07, 6.45) is 0. The summed E-state index contributed by atoms with van der Waals surface area (Å²) in [5.41, 5.74) is 0. The summed E-state index contributed by atoms with van der Waals surface area (Å²) in [6, 6.07) is 0. The molecule has 0 N–H and O–H groups in total. The first-order valence-electron chi connectivity index (χ1n) is 1.76. The van der Waals surface area contributed by atoms with Gasteiger partial charge in [0.25, 0.3) is 6.70 Å². The van der Waals surface area contributed by atoms with Crippen LogP contribution < -0.4 is 0 Å². The molecule has 0 aromatic heterocycles. The van der Waals surface area contributed by atoms with Crippen LogP contribution >= 0.6 is 29.3 Å². The molecule has 1 aliphatic heterocycles. The maximum atomic E-state index is 5.56. The highest BCUT2D eigenvalue weighted by molar-refractivity contribution is 8.63. The Balaban J connectivity index is 2.42. The van der Waals surface area contributed by atoms with Gasteiger partial charge in [0.05, 0.1) is 0 Å². The molecule has 1 heterocycles. The zero-order valence-corrected chi connectivity index (χ0v) is 6.19. The van der Waals surface area contributed by atoms with E-state index in [0.29, 0.717) is 0 Å². The molecule has 4 heteroatoms. The molecule has 40 valence electrons. The largest absolute Gasteiger partial charge is 0.452 e. The lowest BCUT2D eigenvalue weighted by molar-refractivity contribution is 0.499. The third-order valence-corrected chi connectivity index (χ3v) is 3.51. The highest BCUT2D eigenvalue weighted by Gasteiger charge is 2.12.